The molecule has 2 aliphatic rings. The van der Waals surface area contributed by atoms with Crippen LogP contribution in [0.5, 0.6) is 0 Å². The Bertz CT molecular complexity index is 194. The second-order valence-electron chi connectivity index (χ2n) is 4.12. The summed E-state index contributed by atoms with van der Waals surface area (Å²) in [5, 5.41) is 3.53. The molecule has 2 fully saturated rings. The zero-order chi connectivity index (χ0) is 9.15. The molecule has 1 saturated carbocycles. The number of hydrogen-bond acceptors (Lipinski definition) is 2. The molecule has 1 N–H and O–H groups in total. The summed E-state index contributed by atoms with van der Waals surface area (Å²) in [6.45, 7) is 3.04. The van der Waals surface area contributed by atoms with E-state index >= 15 is 0 Å². The van der Waals surface area contributed by atoms with Gasteiger partial charge in [0.1, 0.15) is 5.72 Å². The summed E-state index contributed by atoms with van der Waals surface area (Å²) < 4.78 is 6.03. The van der Waals surface area contributed by atoms with Crippen molar-refractivity contribution in [3.05, 3.63) is 12.2 Å². The van der Waals surface area contributed by atoms with Crippen molar-refractivity contribution in [1.82, 2.24) is 5.32 Å². The molecule has 0 aromatic carbocycles. The van der Waals surface area contributed by atoms with Crippen LogP contribution in [0, 0.1) is 0 Å². The molecular weight excluding hydrogens is 162 g/mol. The van der Waals surface area contributed by atoms with Crippen LogP contribution in [0.1, 0.15) is 39.0 Å². The first-order chi connectivity index (χ1) is 6.35. The molecule has 1 spiro atoms. The minimum atomic E-state index is 0.0441. The van der Waals surface area contributed by atoms with E-state index in [2.05, 4.69) is 24.4 Å². The summed E-state index contributed by atoms with van der Waals surface area (Å²) in [6, 6.07) is 0. The van der Waals surface area contributed by atoms with E-state index in [4.69, 9.17) is 4.74 Å². The monoisotopic (exact) mass is 181 g/mol. The molecule has 13 heavy (non-hydrogen) atoms. The van der Waals surface area contributed by atoms with Crippen molar-refractivity contribution in [3.8, 4) is 0 Å². The third kappa shape index (κ3) is 1.94. The summed E-state index contributed by atoms with van der Waals surface area (Å²) in [5.74, 6) is 0. The Morgan fingerprint density at radius 3 is 2.77 bits per heavy atom. The van der Waals surface area contributed by atoms with Crippen LogP contribution in [0.15, 0.2) is 12.2 Å². The molecule has 74 valence electrons. The predicted octanol–water partition coefficient (Wildman–Crippen LogP) is 2.21. The van der Waals surface area contributed by atoms with E-state index < -0.39 is 0 Å². The van der Waals surface area contributed by atoms with E-state index in [0.29, 0.717) is 6.10 Å². The minimum absolute atomic E-state index is 0.0441. The molecule has 2 rings (SSSR count). The van der Waals surface area contributed by atoms with Crippen LogP contribution in [-0.2, 0) is 4.74 Å². The van der Waals surface area contributed by atoms with Crippen LogP contribution in [0.3, 0.4) is 0 Å². The fourth-order valence-corrected chi connectivity index (χ4v) is 2.40. The molecule has 1 aliphatic heterocycles. The molecule has 1 unspecified atom stereocenters. The second-order valence-corrected chi connectivity index (χ2v) is 4.12. The molecule has 1 saturated heterocycles. The summed E-state index contributed by atoms with van der Waals surface area (Å²) in [5.41, 5.74) is 0.0441. The Morgan fingerprint density at radius 1 is 1.31 bits per heavy atom. The Labute approximate surface area is 80.4 Å². The highest BCUT2D eigenvalue weighted by Gasteiger charge is 2.39. The first-order valence-electron chi connectivity index (χ1n) is 5.40. The standard InChI is InChI=1S/C11H19NO/c1-2-6-10-9-12-11(13-10)7-4-3-5-8-11/h2,6,10,12H,3-5,7-9H2,1H3/b6-2-. The largest absolute Gasteiger partial charge is 0.352 e. The topological polar surface area (TPSA) is 21.3 Å². The quantitative estimate of drug-likeness (QED) is 0.626. The second kappa shape index (κ2) is 3.81. The maximum Gasteiger partial charge on any atom is 0.120 e. The van der Waals surface area contributed by atoms with Gasteiger partial charge >= 0.3 is 0 Å². The molecular formula is C11H19NO. The first kappa shape index (κ1) is 9.22. The Morgan fingerprint density at radius 2 is 2.08 bits per heavy atom. The van der Waals surface area contributed by atoms with E-state index in [1.54, 1.807) is 0 Å². The van der Waals surface area contributed by atoms with E-state index in [1.807, 2.05) is 0 Å². The third-order valence-corrected chi connectivity index (χ3v) is 3.07. The van der Waals surface area contributed by atoms with Gasteiger partial charge in [-0.15, -0.1) is 0 Å². The van der Waals surface area contributed by atoms with Gasteiger partial charge in [-0.05, 0) is 32.6 Å². The first-order valence-corrected chi connectivity index (χ1v) is 5.40. The lowest BCUT2D eigenvalue weighted by atomic mass is 9.92. The van der Waals surface area contributed by atoms with Gasteiger partial charge < -0.3 is 4.74 Å². The summed E-state index contributed by atoms with van der Waals surface area (Å²) in [7, 11) is 0. The minimum Gasteiger partial charge on any atom is -0.352 e. The fourth-order valence-electron chi connectivity index (χ4n) is 2.40. The highest BCUT2D eigenvalue weighted by Crippen LogP contribution is 2.33. The summed E-state index contributed by atoms with van der Waals surface area (Å²) >= 11 is 0. The van der Waals surface area contributed by atoms with Gasteiger partial charge in [0.15, 0.2) is 0 Å². The van der Waals surface area contributed by atoms with Crippen molar-refractivity contribution in [1.29, 1.82) is 0 Å². The third-order valence-electron chi connectivity index (χ3n) is 3.07. The normalized spacial score (nSPS) is 33.2. The summed E-state index contributed by atoms with van der Waals surface area (Å²) in [6.07, 6.45) is 10.9. The lowest BCUT2D eigenvalue weighted by Crippen LogP contribution is -2.42. The van der Waals surface area contributed by atoms with Crippen molar-refractivity contribution in [2.45, 2.75) is 50.9 Å². The van der Waals surface area contributed by atoms with E-state index in [-0.39, 0.29) is 5.72 Å². The molecule has 0 radical (unpaired) electrons. The van der Waals surface area contributed by atoms with Crippen LogP contribution in [0.2, 0.25) is 0 Å². The van der Waals surface area contributed by atoms with Gasteiger partial charge in [0.2, 0.25) is 0 Å². The van der Waals surface area contributed by atoms with Crippen molar-refractivity contribution in [3.63, 3.8) is 0 Å². The van der Waals surface area contributed by atoms with Gasteiger partial charge in [0.05, 0.1) is 6.10 Å². The molecule has 2 nitrogen and oxygen atoms in total. The molecule has 0 aromatic rings. The average molecular weight is 181 g/mol. The van der Waals surface area contributed by atoms with Gasteiger partial charge in [-0.2, -0.15) is 0 Å². The fraction of sp³-hybridized carbons (Fsp3) is 0.818. The van der Waals surface area contributed by atoms with Crippen LogP contribution in [0.25, 0.3) is 0 Å². The van der Waals surface area contributed by atoms with Crippen molar-refractivity contribution in [2.75, 3.05) is 6.54 Å². The smallest absolute Gasteiger partial charge is 0.120 e. The SMILES string of the molecule is C/C=C\C1CNC2(CCCCC2)O1. The zero-order valence-electron chi connectivity index (χ0n) is 8.38. The van der Waals surface area contributed by atoms with Crippen molar-refractivity contribution in [2.24, 2.45) is 0 Å². The number of allylic oxidation sites excluding steroid dienone is 1. The molecule has 0 aromatic heterocycles. The van der Waals surface area contributed by atoms with Crippen LogP contribution >= 0.6 is 0 Å². The van der Waals surface area contributed by atoms with Crippen LogP contribution in [-0.4, -0.2) is 18.4 Å². The number of rotatable bonds is 1. The van der Waals surface area contributed by atoms with Crippen LogP contribution < -0.4 is 5.32 Å². The van der Waals surface area contributed by atoms with Gasteiger partial charge in [-0.1, -0.05) is 18.6 Å². The van der Waals surface area contributed by atoms with Crippen molar-refractivity contribution < 1.29 is 4.74 Å². The molecule has 0 bridgehead atoms. The molecule has 1 aliphatic carbocycles. The highest BCUT2D eigenvalue weighted by atomic mass is 16.5. The molecule has 0 amide bonds. The lowest BCUT2D eigenvalue weighted by Gasteiger charge is -2.32. The molecule has 2 heteroatoms. The Hall–Kier alpha value is -0.340. The number of ether oxygens (including phenoxy) is 1. The maximum atomic E-state index is 6.03. The molecule has 1 heterocycles. The van der Waals surface area contributed by atoms with Crippen molar-refractivity contribution >= 4 is 0 Å². The van der Waals surface area contributed by atoms with Gasteiger partial charge in [0.25, 0.3) is 0 Å². The molecule has 1 atom stereocenters. The predicted molar refractivity (Wildman–Crippen MR) is 53.5 cm³/mol. The lowest BCUT2D eigenvalue weighted by molar-refractivity contribution is -0.0595. The number of hydrogen-bond donors (Lipinski definition) is 1. The van der Waals surface area contributed by atoms with Gasteiger partial charge in [-0.25, -0.2) is 0 Å². The van der Waals surface area contributed by atoms with Gasteiger partial charge in [0, 0.05) is 6.54 Å². The van der Waals surface area contributed by atoms with E-state index in [9.17, 15) is 0 Å². The summed E-state index contributed by atoms with van der Waals surface area (Å²) in [4.78, 5) is 0. The van der Waals surface area contributed by atoms with E-state index in [1.165, 1.54) is 32.1 Å². The van der Waals surface area contributed by atoms with Crippen LogP contribution in [0.4, 0.5) is 0 Å². The van der Waals surface area contributed by atoms with Gasteiger partial charge in [-0.3, -0.25) is 5.32 Å². The number of nitrogens with one attached hydrogen (secondary N) is 1. The Kier molecular flexibility index (Phi) is 2.70. The van der Waals surface area contributed by atoms with E-state index in [0.717, 1.165) is 6.54 Å². The highest BCUT2D eigenvalue weighted by molar-refractivity contribution is 4.98. The average Bonchev–Trinajstić information content (AvgIpc) is 2.51. The maximum absolute atomic E-state index is 6.03. The Balaban J connectivity index is 1.94. The zero-order valence-corrected chi connectivity index (χ0v) is 8.38.